The van der Waals surface area contributed by atoms with Gasteiger partial charge in [-0.05, 0) is 39.0 Å². The Bertz CT molecular complexity index is 1190. The normalized spacial score (nSPS) is 11.0. The standard InChI is InChI=1S/C24H25ClN4O4/c1-24(2,3)33-23(32)26-13-12-21(30)28-29-22(31)17-14-20(16-9-4-6-10-18(16)25)27-19-11-7-5-8-15(17)19/h4-11,14H,12-13H2,1-3H3,(H,26,32)(H,28,30)(H,29,31). The first-order valence-electron chi connectivity index (χ1n) is 10.3. The smallest absolute Gasteiger partial charge is 0.407 e. The zero-order valence-corrected chi connectivity index (χ0v) is 19.3. The number of carbonyl (C=O) groups excluding carboxylic acids is 3. The fourth-order valence-corrected chi connectivity index (χ4v) is 3.25. The van der Waals surface area contributed by atoms with Crippen molar-refractivity contribution in [2.24, 2.45) is 0 Å². The number of nitrogens with one attached hydrogen (secondary N) is 3. The highest BCUT2D eigenvalue weighted by Gasteiger charge is 2.17. The van der Waals surface area contributed by atoms with Gasteiger partial charge in [-0.3, -0.25) is 20.4 Å². The number of hydrazine groups is 1. The van der Waals surface area contributed by atoms with E-state index >= 15 is 0 Å². The summed E-state index contributed by atoms with van der Waals surface area (Å²) < 4.78 is 5.11. The van der Waals surface area contributed by atoms with Crippen LogP contribution in [0.15, 0.2) is 54.6 Å². The maximum absolute atomic E-state index is 12.9. The lowest BCUT2D eigenvalue weighted by Gasteiger charge is -2.19. The molecular formula is C24H25ClN4O4. The number of amides is 3. The van der Waals surface area contributed by atoms with Crippen molar-refractivity contribution in [1.29, 1.82) is 0 Å². The van der Waals surface area contributed by atoms with Crippen LogP contribution in [0.3, 0.4) is 0 Å². The summed E-state index contributed by atoms with van der Waals surface area (Å²) in [6, 6.07) is 16.1. The van der Waals surface area contributed by atoms with Crippen LogP contribution in [0.5, 0.6) is 0 Å². The monoisotopic (exact) mass is 468 g/mol. The lowest BCUT2D eigenvalue weighted by atomic mass is 10.0. The second-order valence-electron chi connectivity index (χ2n) is 8.23. The number of aromatic nitrogens is 1. The molecule has 0 spiro atoms. The second kappa shape index (κ2) is 10.3. The Morgan fingerprint density at radius 1 is 1.00 bits per heavy atom. The lowest BCUT2D eigenvalue weighted by molar-refractivity contribution is -0.121. The van der Waals surface area contributed by atoms with Gasteiger partial charge in [0.25, 0.3) is 5.91 Å². The molecule has 3 N–H and O–H groups in total. The Morgan fingerprint density at radius 3 is 2.42 bits per heavy atom. The zero-order chi connectivity index (χ0) is 24.0. The average Bonchev–Trinajstić information content (AvgIpc) is 2.75. The van der Waals surface area contributed by atoms with Crippen molar-refractivity contribution in [3.05, 3.63) is 65.2 Å². The van der Waals surface area contributed by atoms with E-state index in [0.29, 0.717) is 32.7 Å². The fraction of sp³-hybridized carbons (Fsp3) is 0.250. The summed E-state index contributed by atoms with van der Waals surface area (Å²) in [5.41, 5.74) is 6.33. The van der Waals surface area contributed by atoms with Crippen molar-refractivity contribution in [2.45, 2.75) is 32.8 Å². The van der Waals surface area contributed by atoms with Crippen molar-refractivity contribution in [1.82, 2.24) is 21.2 Å². The SMILES string of the molecule is CC(C)(C)OC(=O)NCCC(=O)NNC(=O)c1cc(-c2ccccc2Cl)nc2ccccc12. The fourth-order valence-electron chi connectivity index (χ4n) is 3.02. The molecule has 0 unspecified atom stereocenters. The zero-order valence-electron chi connectivity index (χ0n) is 18.6. The third-order valence-corrected chi connectivity index (χ3v) is 4.78. The molecule has 9 heteroatoms. The van der Waals surface area contributed by atoms with E-state index in [4.69, 9.17) is 16.3 Å². The number of fused-ring (bicyclic) bond motifs is 1. The summed E-state index contributed by atoms with van der Waals surface area (Å²) in [6.45, 7) is 5.30. The van der Waals surface area contributed by atoms with Gasteiger partial charge in [0.05, 0.1) is 16.8 Å². The molecule has 0 aliphatic heterocycles. The third-order valence-electron chi connectivity index (χ3n) is 4.45. The van der Waals surface area contributed by atoms with Crippen LogP contribution in [0.2, 0.25) is 5.02 Å². The summed E-state index contributed by atoms with van der Waals surface area (Å²) in [5.74, 6) is -0.973. The van der Waals surface area contributed by atoms with Crippen LogP contribution in [0.25, 0.3) is 22.2 Å². The van der Waals surface area contributed by atoms with E-state index in [1.165, 1.54) is 0 Å². The van der Waals surface area contributed by atoms with Crippen molar-refractivity contribution >= 4 is 40.4 Å². The van der Waals surface area contributed by atoms with E-state index in [0.717, 1.165) is 0 Å². The molecule has 0 radical (unpaired) electrons. The number of carbonyl (C=O) groups is 3. The average molecular weight is 469 g/mol. The number of benzene rings is 2. The predicted octanol–water partition coefficient (Wildman–Crippen LogP) is 4.23. The molecule has 33 heavy (non-hydrogen) atoms. The molecule has 3 amide bonds. The first-order valence-corrected chi connectivity index (χ1v) is 10.7. The quantitative estimate of drug-likeness (QED) is 0.485. The number of pyridine rings is 1. The molecule has 0 aliphatic carbocycles. The number of hydrogen-bond donors (Lipinski definition) is 3. The molecule has 3 rings (SSSR count). The lowest BCUT2D eigenvalue weighted by Crippen LogP contribution is -2.43. The number of nitrogens with zero attached hydrogens (tertiary/aromatic N) is 1. The van der Waals surface area contributed by atoms with Crippen molar-refractivity contribution in [3.63, 3.8) is 0 Å². The minimum absolute atomic E-state index is 0.0402. The van der Waals surface area contributed by atoms with Gasteiger partial charge in [0.2, 0.25) is 5.91 Å². The van der Waals surface area contributed by atoms with Crippen LogP contribution in [0.4, 0.5) is 4.79 Å². The maximum Gasteiger partial charge on any atom is 0.407 e. The van der Waals surface area contributed by atoms with Gasteiger partial charge in [-0.25, -0.2) is 9.78 Å². The second-order valence-corrected chi connectivity index (χ2v) is 8.64. The van der Waals surface area contributed by atoms with E-state index in [2.05, 4.69) is 21.2 Å². The Morgan fingerprint density at radius 2 is 1.70 bits per heavy atom. The highest BCUT2D eigenvalue weighted by molar-refractivity contribution is 6.33. The summed E-state index contributed by atoms with van der Waals surface area (Å²) in [6.07, 6.45) is -0.656. The Hall–Kier alpha value is -3.65. The Labute approximate surface area is 196 Å². The Balaban J connectivity index is 1.68. The van der Waals surface area contributed by atoms with Crippen LogP contribution < -0.4 is 16.2 Å². The van der Waals surface area contributed by atoms with Gasteiger partial charge >= 0.3 is 6.09 Å². The van der Waals surface area contributed by atoms with Gasteiger partial charge in [-0.2, -0.15) is 0 Å². The van der Waals surface area contributed by atoms with Crippen molar-refractivity contribution in [2.75, 3.05) is 6.54 Å². The molecule has 0 bridgehead atoms. The first kappa shape index (κ1) is 24.0. The molecule has 1 aromatic heterocycles. The minimum Gasteiger partial charge on any atom is -0.444 e. The van der Waals surface area contributed by atoms with E-state index < -0.39 is 23.5 Å². The van der Waals surface area contributed by atoms with E-state index in [9.17, 15) is 14.4 Å². The molecule has 0 fully saturated rings. The summed E-state index contributed by atoms with van der Waals surface area (Å²) in [7, 11) is 0. The maximum atomic E-state index is 12.9. The van der Waals surface area contributed by atoms with Gasteiger partial charge < -0.3 is 10.1 Å². The van der Waals surface area contributed by atoms with Crippen LogP contribution in [-0.4, -0.2) is 35.0 Å². The third kappa shape index (κ3) is 6.66. The van der Waals surface area contributed by atoms with Crippen LogP contribution in [0, 0.1) is 0 Å². The van der Waals surface area contributed by atoms with Gasteiger partial charge in [-0.15, -0.1) is 0 Å². The van der Waals surface area contributed by atoms with Gasteiger partial charge in [0.15, 0.2) is 0 Å². The molecule has 0 saturated heterocycles. The molecule has 1 heterocycles. The van der Waals surface area contributed by atoms with Crippen molar-refractivity contribution < 1.29 is 19.1 Å². The van der Waals surface area contributed by atoms with Gasteiger partial charge in [0.1, 0.15) is 5.60 Å². The molecule has 172 valence electrons. The number of ether oxygens (including phenoxy) is 1. The minimum atomic E-state index is -0.629. The topological polar surface area (TPSA) is 109 Å². The van der Waals surface area contributed by atoms with Crippen LogP contribution in [-0.2, 0) is 9.53 Å². The van der Waals surface area contributed by atoms with E-state index in [1.54, 1.807) is 51.1 Å². The van der Waals surface area contributed by atoms with Crippen LogP contribution >= 0.6 is 11.6 Å². The van der Waals surface area contributed by atoms with Crippen LogP contribution in [0.1, 0.15) is 37.6 Å². The van der Waals surface area contributed by atoms with E-state index in [1.807, 2.05) is 24.3 Å². The summed E-state index contributed by atoms with van der Waals surface area (Å²) in [4.78, 5) is 41.2. The molecule has 0 atom stereocenters. The van der Waals surface area contributed by atoms with Gasteiger partial charge in [-0.1, -0.05) is 48.0 Å². The highest BCUT2D eigenvalue weighted by atomic mass is 35.5. The summed E-state index contributed by atoms with van der Waals surface area (Å²) >= 11 is 6.31. The number of hydrogen-bond acceptors (Lipinski definition) is 5. The molecule has 2 aromatic carbocycles. The van der Waals surface area contributed by atoms with E-state index in [-0.39, 0.29) is 13.0 Å². The summed E-state index contributed by atoms with van der Waals surface area (Å²) in [5, 5.41) is 3.63. The number of halogens is 1. The van der Waals surface area contributed by atoms with Crippen molar-refractivity contribution in [3.8, 4) is 11.3 Å². The predicted molar refractivity (Wildman–Crippen MR) is 127 cm³/mol. The number of para-hydroxylation sites is 1. The largest absolute Gasteiger partial charge is 0.444 e. The first-order chi connectivity index (χ1) is 15.6. The molecule has 8 nitrogen and oxygen atoms in total. The van der Waals surface area contributed by atoms with Gasteiger partial charge in [0, 0.05) is 28.9 Å². The molecule has 0 aliphatic rings. The molecule has 0 saturated carbocycles. The highest BCUT2D eigenvalue weighted by Crippen LogP contribution is 2.29. The Kier molecular flexibility index (Phi) is 7.50. The molecular weight excluding hydrogens is 444 g/mol. The molecule has 3 aromatic rings. The number of alkyl carbamates (subject to hydrolysis) is 1. The number of rotatable bonds is 5.